The number of nitrogens with two attached hydrogens (primary N) is 2. The first kappa shape index (κ1) is 11.4. The van der Waals surface area contributed by atoms with Crippen LogP contribution in [0.1, 0.15) is 13.3 Å². The van der Waals surface area contributed by atoms with E-state index in [1.54, 1.807) is 0 Å². The Hall–Kier alpha value is -0.650. The van der Waals surface area contributed by atoms with Gasteiger partial charge in [-0.3, -0.25) is 9.69 Å². The standard InChI is InChI=1S/C9H19N3O2/c1-7-5-12(3-2-9(11)13)6-8(4-10)14-7/h7-8H,2-6,10H2,1H3,(H2,11,13). The molecule has 0 aromatic heterocycles. The first-order chi connectivity index (χ1) is 6.61. The quantitative estimate of drug-likeness (QED) is 0.605. The van der Waals surface area contributed by atoms with Crippen molar-refractivity contribution in [3.8, 4) is 0 Å². The van der Waals surface area contributed by atoms with E-state index in [-0.39, 0.29) is 18.1 Å². The molecule has 0 saturated carbocycles. The van der Waals surface area contributed by atoms with Crippen molar-refractivity contribution in [2.45, 2.75) is 25.6 Å². The number of ether oxygens (including phenoxy) is 1. The van der Waals surface area contributed by atoms with Crippen molar-refractivity contribution < 1.29 is 9.53 Å². The Bertz CT molecular complexity index is 198. The number of amides is 1. The Balaban J connectivity index is 2.33. The molecular formula is C9H19N3O2. The second kappa shape index (κ2) is 5.29. The molecule has 0 radical (unpaired) electrons. The SMILES string of the molecule is CC1CN(CCC(N)=O)CC(CN)O1. The van der Waals surface area contributed by atoms with Crippen LogP contribution in [-0.4, -0.2) is 49.2 Å². The predicted molar refractivity (Wildman–Crippen MR) is 53.6 cm³/mol. The molecule has 5 heteroatoms. The molecule has 5 nitrogen and oxygen atoms in total. The van der Waals surface area contributed by atoms with Crippen molar-refractivity contribution in [3.05, 3.63) is 0 Å². The molecule has 1 aliphatic heterocycles. The van der Waals surface area contributed by atoms with Gasteiger partial charge in [0.05, 0.1) is 12.2 Å². The zero-order valence-electron chi connectivity index (χ0n) is 8.61. The molecule has 82 valence electrons. The summed E-state index contributed by atoms with van der Waals surface area (Å²) in [6, 6.07) is 0. The van der Waals surface area contributed by atoms with Gasteiger partial charge in [0, 0.05) is 32.6 Å². The average Bonchev–Trinajstić information content (AvgIpc) is 2.14. The van der Waals surface area contributed by atoms with Crippen LogP contribution in [0.15, 0.2) is 0 Å². The Labute approximate surface area is 84.4 Å². The van der Waals surface area contributed by atoms with Crippen molar-refractivity contribution in [2.75, 3.05) is 26.2 Å². The van der Waals surface area contributed by atoms with E-state index in [0.717, 1.165) is 13.1 Å². The van der Waals surface area contributed by atoms with Crippen LogP contribution in [0.25, 0.3) is 0 Å². The molecule has 1 rings (SSSR count). The maximum absolute atomic E-state index is 10.6. The first-order valence-electron chi connectivity index (χ1n) is 4.98. The van der Waals surface area contributed by atoms with Crippen molar-refractivity contribution in [2.24, 2.45) is 11.5 Å². The Morgan fingerprint density at radius 1 is 1.57 bits per heavy atom. The highest BCUT2D eigenvalue weighted by atomic mass is 16.5. The van der Waals surface area contributed by atoms with Crippen molar-refractivity contribution in [3.63, 3.8) is 0 Å². The topological polar surface area (TPSA) is 81.6 Å². The van der Waals surface area contributed by atoms with Gasteiger partial charge in [-0.05, 0) is 6.92 Å². The smallest absolute Gasteiger partial charge is 0.218 e. The summed E-state index contributed by atoms with van der Waals surface area (Å²) in [6.45, 7) is 4.90. The molecule has 0 aromatic carbocycles. The van der Waals surface area contributed by atoms with Gasteiger partial charge in [-0.2, -0.15) is 0 Å². The minimum Gasteiger partial charge on any atom is -0.371 e. The third kappa shape index (κ3) is 3.61. The van der Waals surface area contributed by atoms with Gasteiger partial charge in [-0.25, -0.2) is 0 Å². The van der Waals surface area contributed by atoms with Gasteiger partial charge in [0.15, 0.2) is 0 Å². The molecule has 2 unspecified atom stereocenters. The fraction of sp³-hybridized carbons (Fsp3) is 0.889. The van der Waals surface area contributed by atoms with Gasteiger partial charge in [0.2, 0.25) is 5.91 Å². The summed E-state index contributed by atoms with van der Waals surface area (Å²) in [7, 11) is 0. The lowest BCUT2D eigenvalue weighted by Crippen LogP contribution is -2.49. The van der Waals surface area contributed by atoms with Gasteiger partial charge in [0.1, 0.15) is 0 Å². The number of nitrogens with zero attached hydrogens (tertiary/aromatic N) is 1. The number of morpholine rings is 1. The van der Waals surface area contributed by atoms with Crippen LogP contribution in [0.5, 0.6) is 0 Å². The largest absolute Gasteiger partial charge is 0.371 e. The molecule has 0 spiro atoms. The lowest BCUT2D eigenvalue weighted by Gasteiger charge is -2.36. The zero-order valence-corrected chi connectivity index (χ0v) is 8.61. The molecule has 1 amide bonds. The molecule has 1 heterocycles. The minimum absolute atomic E-state index is 0.0895. The normalized spacial score (nSPS) is 29.0. The van der Waals surface area contributed by atoms with Crippen molar-refractivity contribution in [1.29, 1.82) is 0 Å². The van der Waals surface area contributed by atoms with Gasteiger partial charge in [-0.1, -0.05) is 0 Å². The highest BCUT2D eigenvalue weighted by molar-refractivity contribution is 5.73. The maximum Gasteiger partial charge on any atom is 0.218 e. The second-order valence-corrected chi connectivity index (χ2v) is 3.78. The molecule has 14 heavy (non-hydrogen) atoms. The van der Waals surface area contributed by atoms with Crippen LogP contribution in [0.2, 0.25) is 0 Å². The fourth-order valence-electron chi connectivity index (χ4n) is 1.72. The highest BCUT2D eigenvalue weighted by Gasteiger charge is 2.23. The average molecular weight is 201 g/mol. The molecular weight excluding hydrogens is 182 g/mol. The number of primary amides is 1. The van der Waals surface area contributed by atoms with Crippen LogP contribution in [0, 0.1) is 0 Å². The van der Waals surface area contributed by atoms with Crippen LogP contribution in [0.3, 0.4) is 0 Å². The van der Waals surface area contributed by atoms with E-state index >= 15 is 0 Å². The zero-order chi connectivity index (χ0) is 10.6. The van der Waals surface area contributed by atoms with Crippen molar-refractivity contribution >= 4 is 5.91 Å². The summed E-state index contributed by atoms with van der Waals surface area (Å²) in [6.07, 6.45) is 0.682. The second-order valence-electron chi connectivity index (χ2n) is 3.78. The summed E-state index contributed by atoms with van der Waals surface area (Å²) in [5.74, 6) is -0.256. The molecule has 0 bridgehead atoms. The van der Waals surface area contributed by atoms with Gasteiger partial charge in [0.25, 0.3) is 0 Å². The number of carbonyl (C=O) groups is 1. The molecule has 4 N–H and O–H groups in total. The summed E-state index contributed by atoms with van der Waals surface area (Å²) in [4.78, 5) is 12.8. The Kier molecular flexibility index (Phi) is 4.31. The summed E-state index contributed by atoms with van der Waals surface area (Å²) < 4.78 is 5.59. The van der Waals surface area contributed by atoms with Gasteiger partial charge in [-0.15, -0.1) is 0 Å². The maximum atomic E-state index is 10.6. The molecule has 0 aromatic rings. The number of carbonyl (C=O) groups excluding carboxylic acids is 1. The third-order valence-electron chi connectivity index (χ3n) is 2.34. The fourth-order valence-corrected chi connectivity index (χ4v) is 1.72. The number of rotatable bonds is 4. The Morgan fingerprint density at radius 2 is 2.29 bits per heavy atom. The highest BCUT2D eigenvalue weighted by Crippen LogP contribution is 2.10. The van der Waals surface area contributed by atoms with E-state index in [2.05, 4.69) is 4.90 Å². The predicted octanol–water partition coefficient (Wildman–Crippen LogP) is -1.09. The number of hydrogen-bond acceptors (Lipinski definition) is 4. The van der Waals surface area contributed by atoms with E-state index in [1.165, 1.54) is 0 Å². The first-order valence-corrected chi connectivity index (χ1v) is 4.98. The van der Waals surface area contributed by atoms with Gasteiger partial charge < -0.3 is 16.2 Å². The van der Waals surface area contributed by atoms with E-state index in [9.17, 15) is 4.79 Å². The molecule has 0 aliphatic carbocycles. The monoisotopic (exact) mass is 201 g/mol. The van der Waals surface area contributed by atoms with E-state index in [1.807, 2.05) is 6.92 Å². The molecule has 2 atom stereocenters. The number of hydrogen-bond donors (Lipinski definition) is 2. The van der Waals surface area contributed by atoms with Crippen LogP contribution in [0.4, 0.5) is 0 Å². The summed E-state index contributed by atoms with van der Waals surface area (Å²) in [5.41, 5.74) is 10.6. The third-order valence-corrected chi connectivity index (χ3v) is 2.34. The van der Waals surface area contributed by atoms with Crippen molar-refractivity contribution in [1.82, 2.24) is 4.90 Å². The molecule has 1 aliphatic rings. The lowest BCUT2D eigenvalue weighted by molar-refractivity contribution is -0.119. The van der Waals surface area contributed by atoms with Gasteiger partial charge >= 0.3 is 0 Å². The van der Waals surface area contributed by atoms with E-state index in [0.29, 0.717) is 19.5 Å². The summed E-state index contributed by atoms with van der Waals surface area (Å²) in [5, 5.41) is 0. The van der Waals surface area contributed by atoms with Crippen LogP contribution < -0.4 is 11.5 Å². The molecule has 1 fully saturated rings. The van der Waals surface area contributed by atoms with E-state index < -0.39 is 0 Å². The lowest BCUT2D eigenvalue weighted by atomic mass is 10.2. The summed E-state index contributed by atoms with van der Waals surface area (Å²) >= 11 is 0. The minimum atomic E-state index is -0.256. The Morgan fingerprint density at radius 3 is 2.86 bits per heavy atom. The van der Waals surface area contributed by atoms with E-state index in [4.69, 9.17) is 16.2 Å². The van der Waals surface area contributed by atoms with Crippen LogP contribution >= 0.6 is 0 Å². The van der Waals surface area contributed by atoms with Crippen LogP contribution in [-0.2, 0) is 9.53 Å². The molecule has 1 saturated heterocycles.